The van der Waals surface area contributed by atoms with Crippen LogP contribution in [0.5, 0.6) is 0 Å². The molecule has 0 fully saturated rings. The Hall–Kier alpha value is -1.02. The Morgan fingerprint density at radius 1 is 1.46 bits per heavy atom. The Morgan fingerprint density at radius 2 is 2.08 bits per heavy atom. The van der Waals surface area contributed by atoms with Crippen molar-refractivity contribution < 1.29 is 4.79 Å². The number of benzene rings is 1. The molecule has 1 aromatic carbocycles. The van der Waals surface area contributed by atoms with Crippen LogP contribution in [0.15, 0.2) is 30.3 Å². The number of hydrogen-bond donors (Lipinski definition) is 1. The van der Waals surface area contributed by atoms with Crippen molar-refractivity contribution in [3.63, 3.8) is 0 Å². The van der Waals surface area contributed by atoms with Gasteiger partial charge in [0.2, 0.25) is 5.91 Å². The van der Waals surface area contributed by atoms with E-state index in [9.17, 15) is 4.79 Å². The molecule has 0 saturated carbocycles. The van der Waals surface area contributed by atoms with Crippen molar-refractivity contribution in [2.24, 2.45) is 0 Å². The molecule has 0 radical (unpaired) electrons. The van der Waals surface area contributed by atoms with Gasteiger partial charge in [-0.25, -0.2) is 0 Å². The van der Waals surface area contributed by atoms with Gasteiger partial charge in [-0.2, -0.15) is 0 Å². The molecule has 0 spiro atoms. The van der Waals surface area contributed by atoms with Crippen LogP contribution in [0.4, 0.5) is 0 Å². The lowest BCUT2D eigenvalue weighted by atomic mass is 10.1. The Balaban J connectivity index is 2.55. The molecule has 3 heteroatoms. The number of halogens is 1. The van der Waals surface area contributed by atoms with Gasteiger partial charge >= 0.3 is 0 Å². The first kappa shape index (κ1) is 10.1. The zero-order valence-electron chi connectivity index (χ0n) is 7.46. The zero-order valence-corrected chi connectivity index (χ0v) is 8.21. The molecule has 0 saturated heterocycles. The van der Waals surface area contributed by atoms with Crippen LogP contribution in [0.2, 0.25) is 0 Å². The van der Waals surface area contributed by atoms with E-state index in [0.717, 1.165) is 5.56 Å². The Morgan fingerprint density at radius 3 is 2.62 bits per heavy atom. The number of carbonyl (C=O) groups is 1. The molecule has 1 unspecified atom stereocenters. The second kappa shape index (κ2) is 4.87. The molecule has 0 aliphatic heterocycles. The minimum atomic E-state index is -0.479. The summed E-state index contributed by atoms with van der Waals surface area (Å²) in [5.74, 6) is -0.134. The summed E-state index contributed by atoms with van der Waals surface area (Å²) in [5, 5.41) is 2.03. The molecule has 70 valence electrons. The van der Waals surface area contributed by atoms with Gasteiger partial charge in [-0.05, 0) is 12.0 Å². The van der Waals surface area contributed by atoms with Gasteiger partial charge in [-0.3, -0.25) is 4.79 Å². The normalized spacial score (nSPS) is 12.2. The predicted molar refractivity (Wildman–Crippen MR) is 53.9 cm³/mol. The van der Waals surface area contributed by atoms with Gasteiger partial charge in [0, 0.05) is 7.05 Å². The maximum absolute atomic E-state index is 11.1. The molecule has 0 aliphatic carbocycles. The molecule has 0 heterocycles. The maximum atomic E-state index is 11.1. The molecule has 1 atom stereocenters. The van der Waals surface area contributed by atoms with Crippen LogP contribution in [0.1, 0.15) is 5.56 Å². The summed E-state index contributed by atoms with van der Waals surface area (Å²) in [6.45, 7) is 0. The highest BCUT2D eigenvalue weighted by Gasteiger charge is 2.13. The van der Waals surface area contributed by atoms with E-state index in [0.29, 0.717) is 6.42 Å². The van der Waals surface area contributed by atoms with Crippen LogP contribution in [0.25, 0.3) is 0 Å². The van der Waals surface area contributed by atoms with Gasteiger partial charge in [0.15, 0.2) is 0 Å². The summed E-state index contributed by atoms with van der Waals surface area (Å²) in [6.07, 6.45) is 0.571. The van der Waals surface area contributed by atoms with Crippen LogP contribution in [0, 0.1) is 0 Å². The lowest BCUT2D eigenvalue weighted by Crippen LogP contribution is -2.29. The van der Waals surface area contributed by atoms with E-state index in [1.54, 1.807) is 7.05 Å². The Labute approximate surface area is 82.9 Å². The standard InChI is InChI=1S/C10H12ClNO/c1-12-10(13)9(11)7-8-5-3-2-4-6-8/h2-6,9H,7H2,1H3,(H,12,13). The van der Waals surface area contributed by atoms with Crippen molar-refractivity contribution in [3.8, 4) is 0 Å². The van der Waals surface area contributed by atoms with Crippen LogP contribution >= 0.6 is 11.6 Å². The maximum Gasteiger partial charge on any atom is 0.238 e. The number of rotatable bonds is 3. The third kappa shape index (κ3) is 3.07. The largest absolute Gasteiger partial charge is 0.358 e. The quantitative estimate of drug-likeness (QED) is 0.733. The van der Waals surface area contributed by atoms with Gasteiger partial charge in [-0.15, -0.1) is 11.6 Å². The topological polar surface area (TPSA) is 29.1 Å². The van der Waals surface area contributed by atoms with Crippen molar-refractivity contribution in [2.75, 3.05) is 7.05 Å². The third-order valence-corrected chi connectivity index (χ3v) is 2.14. The van der Waals surface area contributed by atoms with Crippen molar-refractivity contribution in [1.29, 1.82) is 0 Å². The predicted octanol–water partition coefficient (Wildman–Crippen LogP) is 1.58. The molecule has 13 heavy (non-hydrogen) atoms. The van der Waals surface area contributed by atoms with Crippen molar-refractivity contribution in [3.05, 3.63) is 35.9 Å². The van der Waals surface area contributed by atoms with Crippen LogP contribution in [0.3, 0.4) is 0 Å². The van der Waals surface area contributed by atoms with Gasteiger partial charge in [0.1, 0.15) is 5.38 Å². The molecule has 2 nitrogen and oxygen atoms in total. The average Bonchev–Trinajstić information content (AvgIpc) is 2.18. The van der Waals surface area contributed by atoms with E-state index in [2.05, 4.69) is 5.32 Å². The van der Waals surface area contributed by atoms with Gasteiger partial charge < -0.3 is 5.32 Å². The van der Waals surface area contributed by atoms with E-state index >= 15 is 0 Å². The van der Waals surface area contributed by atoms with E-state index in [1.165, 1.54) is 0 Å². The fraction of sp³-hybridized carbons (Fsp3) is 0.300. The van der Waals surface area contributed by atoms with Gasteiger partial charge in [-0.1, -0.05) is 30.3 Å². The molecule has 1 aromatic rings. The minimum absolute atomic E-state index is 0.134. The molecule has 1 amide bonds. The number of carbonyl (C=O) groups excluding carboxylic acids is 1. The first-order valence-corrected chi connectivity index (χ1v) is 4.57. The fourth-order valence-corrected chi connectivity index (χ4v) is 1.36. The Kier molecular flexibility index (Phi) is 3.77. The number of amides is 1. The monoisotopic (exact) mass is 197 g/mol. The first-order valence-electron chi connectivity index (χ1n) is 4.13. The van der Waals surface area contributed by atoms with Gasteiger partial charge in [0.05, 0.1) is 0 Å². The molecule has 0 aromatic heterocycles. The lowest BCUT2D eigenvalue weighted by molar-refractivity contribution is -0.120. The molecular weight excluding hydrogens is 186 g/mol. The van der Waals surface area contributed by atoms with E-state index in [1.807, 2.05) is 30.3 Å². The fourth-order valence-electron chi connectivity index (χ4n) is 1.07. The highest BCUT2D eigenvalue weighted by molar-refractivity contribution is 6.30. The summed E-state index contributed by atoms with van der Waals surface area (Å²) < 4.78 is 0. The third-order valence-electron chi connectivity index (χ3n) is 1.79. The highest BCUT2D eigenvalue weighted by Crippen LogP contribution is 2.07. The summed E-state index contributed by atoms with van der Waals surface area (Å²) in [5.41, 5.74) is 1.08. The second-order valence-electron chi connectivity index (χ2n) is 2.77. The summed E-state index contributed by atoms with van der Waals surface area (Å²) in [7, 11) is 1.59. The van der Waals surface area contributed by atoms with E-state index in [4.69, 9.17) is 11.6 Å². The summed E-state index contributed by atoms with van der Waals surface area (Å²) in [4.78, 5) is 11.1. The molecule has 1 rings (SSSR count). The second-order valence-corrected chi connectivity index (χ2v) is 3.30. The molecule has 0 aliphatic rings. The van der Waals surface area contributed by atoms with Crippen molar-refractivity contribution in [1.82, 2.24) is 5.32 Å². The minimum Gasteiger partial charge on any atom is -0.358 e. The Bertz CT molecular complexity index is 274. The van der Waals surface area contributed by atoms with Crippen molar-refractivity contribution >= 4 is 17.5 Å². The molecular formula is C10H12ClNO. The van der Waals surface area contributed by atoms with Crippen molar-refractivity contribution in [2.45, 2.75) is 11.8 Å². The van der Waals surface area contributed by atoms with Gasteiger partial charge in [0.25, 0.3) is 0 Å². The highest BCUT2D eigenvalue weighted by atomic mass is 35.5. The lowest BCUT2D eigenvalue weighted by Gasteiger charge is -2.07. The van der Waals surface area contributed by atoms with Crippen LogP contribution in [-0.2, 0) is 11.2 Å². The zero-order chi connectivity index (χ0) is 9.68. The average molecular weight is 198 g/mol. The number of hydrogen-bond acceptors (Lipinski definition) is 1. The SMILES string of the molecule is CNC(=O)C(Cl)Cc1ccccc1. The number of nitrogens with one attached hydrogen (secondary N) is 1. The van der Waals surface area contributed by atoms with Crippen LogP contribution < -0.4 is 5.32 Å². The molecule has 0 bridgehead atoms. The number of alkyl halides is 1. The summed E-state index contributed by atoms with van der Waals surface area (Å²) >= 11 is 5.85. The molecule has 1 N–H and O–H groups in total. The first-order chi connectivity index (χ1) is 6.24. The summed E-state index contributed by atoms with van der Waals surface area (Å²) in [6, 6.07) is 9.72. The van der Waals surface area contributed by atoms with E-state index < -0.39 is 5.38 Å². The smallest absolute Gasteiger partial charge is 0.238 e. The van der Waals surface area contributed by atoms with Crippen LogP contribution in [-0.4, -0.2) is 18.3 Å². The van der Waals surface area contributed by atoms with E-state index in [-0.39, 0.29) is 5.91 Å².